The molecule has 3 rings (SSSR count). The van der Waals surface area contributed by atoms with Gasteiger partial charge >= 0.3 is 5.97 Å². The highest BCUT2D eigenvalue weighted by Crippen LogP contribution is 2.30. The summed E-state index contributed by atoms with van der Waals surface area (Å²) in [6.45, 7) is 1.87. The zero-order chi connectivity index (χ0) is 20.8. The second kappa shape index (κ2) is 8.93. The van der Waals surface area contributed by atoms with Crippen LogP contribution in [0, 0.1) is 10.1 Å². The third kappa shape index (κ3) is 4.93. The largest absolute Gasteiger partial charge is 0.461 e. The number of nitro benzene ring substituents is 1. The molecule has 0 spiro atoms. The Hall–Kier alpha value is -3.79. The van der Waals surface area contributed by atoms with Crippen molar-refractivity contribution in [1.82, 2.24) is 4.98 Å². The number of thiazole rings is 1. The fraction of sp³-hybridized carbons (Fsp3) is 0.105. The molecule has 0 aliphatic heterocycles. The molecular weight excluding hydrogens is 398 g/mol. The maximum atomic E-state index is 12.7. The van der Waals surface area contributed by atoms with Crippen molar-refractivity contribution in [2.45, 2.75) is 6.92 Å². The third-order valence-electron chi connectivity index (χ3n) is 3.60. The summed E-state index contributed by atoms with van der Waals surface area (Å²) in [4.78, 5) is 39.0. The number of anilines is 1. The van der Waals surface area contributed by atoms with Crippen molar-refractivity contribution in [2.75, 3.05) is 11.9 Å². The Bertz CT molecular complexity index is 1050. The van der Waals surface area contributed by atoms with Crippen molar-refractivity contribution < 1.29 is 24.0 Å². The molecule has 1 heterocycles. The van der Waals surface area contributed by atoms with E-state index in [0.29, 0.717) is 5.75 Å². The Kier molecular flexibility index (Phi) is 6.15. The van der Waals surface area contributed by atoms with E-state index in [1.54, 1.807) is 37.3 Å². The van der Waals surface area contributed by atoms with Gasteiger partial charge in [0.15, 0.2) is 10.8 Å². The van der Waals surface area contributed by atoms with Crippen LogP contribution in [-0.2, 0) is 4.74 Å². The second-order valence-electron chi connectivity index (χ2n) is 5.57. The van der Waals surface area contributed by atoms with Crippen LogP contribution in [0.2, 0.25) is 0 Å². The average molecular weight is 413 g/mol. The molecule has 148 valence electrons. The number of para-hydroxylation sites is 1. The number of non-ortho nitro benzene ring substituents is 1. The summed E-state index contributed by atoms with van der Waals surface area (Å²) in [6, 6.07) is 12.4. The van der Waals surface area contributed by atoms with Crippen molar-refractivity contribution >= 4 is 34.0 Å². The Labute approximate surface area is 169 Å². The van der Waals surface area contributed by atoms with Crippen molar-refractivity contribution in [3.8, 4) is 11.5 Å². The van der Waals surface area contributed by atoms with Crippen LogP contribution in [0.3, 0.4) is 0 Å². The number of ether oxygens (including phenoxy) is 2. The van der Waals surface area contributed by atoms with Crippen LogP contribution in [-0.4, -0.2) is 28.4 Å². The Morgan fingerprint density at radius 3 is 2.66 bits per heavy atom. The van der Waals surface area contributed by atoms with E-state index >= 15 is 0 Å². The number of benzene rings is 2. The lowest BCUT2D eigenvalue weighted by molar-refractivity contribution is -0.384. The molecule has 0 atom stereocenters. The number of hydrogen-bond acceptors (Lipinski definition) is 8. The molecule has 0 radical (unpaired) electrons. The topological polar surface area (TPSA) is 121 Å². The standard InChI is InChI=1S/C19H15N3O6S/c1-2-27-18(24)15-11-29-19(20-15)21-17(23)14-10-12(22(25)26)8-9-16(14)28-13-6-4-3-5-7-13/h3-11H,2H2,1H3,(H,20,21,23). The Morgan fingerprint density at radius 1 is 1.21 bits per heavy atom. The molecule has 0 saturated carbocycles. The summed E-state index contributed by atoms with van der Waals surface area (Å²) in [5.41, 5.74) is -0.246. The number of esters is 1. The Balaban J connectivity index is 1.87. The Morgan fingerprint density at radius 2 is 1.97 bits per heavy atom. The highest BCUT2D eigenvalue weighted by Gasteiger charge is 2.20. The van der Waals surface area contributed by atoms with Gasteiger partial charge in [-0.1, -0.05) is 18.2 Å². The fourth-order valence-electron chi connectivity index (χ4n) is 2.31. The van der Waals surface area contributed by atoms with Gasteiger partial charge in [0, 0.05) is 17.5 Å². The molecular formula is C19H15N3O6S. The normalized spacial score (nSPS) is 10.2. The van der Waals surface area contributed by atoms with Crippen molar-refractivity contribution in [3.63, 3.8) is 0 Å². The summed E-state index contributed by atoms with van der Waals surface area (Å²) in [5.74, 6) is -0.659. The van der Waals surface area contributed by atoms with Gasteiger partial charge in [-0.2, -0.15) is 0 Å². The van der Waals surface area contributed by atoms with E-state index in [-0.39, 0.29) is 34.4 Å². The molecule has 1 amide bonds. The monoisotopic (exact) mass is 413 g/mol. The molecule has 29 heavy (non-hydrogen) atoms. The number of hydrogen-bond donors (Lipinski definition) is 1. The van der Waals surface area contributed by atoms with E-state index in [0.717, 1.165) is 17.4 Å². The summed E-state index contributed by atoms with van der Waals surface area (Å²) in [6.07, 6.45) is 0. The van der Waals surface area contributed by atoms with Crippen LogP contribution in [0.25, 0.3) is 0 Å². The van der Waals surface area contributed by atoms with Gasteiger partial charge in [-0.15, -0.1) is 11.3 Å². The minimum atomic E-state index is -0.663. The predicted molar refractivity (Wildman–Crippen MR) is 106 cm³/mol. The van der Waals surface area contributed by atoms with Crippen molar-refractivity contribution in [1.29, 1.82) is 0 Å². The first-order chi connectivity index (χ1) is 14.0. The lowest BCUT2D eigenvalue weighted by atomic mass is 10.1. The summed E-state index contributed by atoms with van der Waals surface area (Å²) >= 11 is 1.03. The molecule has 9 nitrogen and oxygen atoms in total. The minimum Gasteiger partial charge on any atom is -0.461 e. The van der Waals surface area contributed by atoms with Crippen LogP contribution < -0.4 is 10.1 Å². The van der Waals surface area contributed by atoms with E-state index in [1.807, 2.05) is 0 Å². The van der Waals surface area contributed by atoms with Crippen LogP contribution in [0.5, 0.6) is 11.5 Å². The van der Waals surface area contributed by atoms with Gasteiger partial charge in [0.1, 0.15) is 11.5 Å². The van der Waals surface area contributed by atoms with Crippen LogP contribution in [0.1, 0.15) is 27.8 Å². The molecule has 3 aromatic rings. The first-order valence-electron chi connectivity index (χ1n) is 8.43. The molecule has 1 N–H and O–H groups in total. The molecule has 10 heteroatoms. The predicted octanol–water partition coefficient (Wildman–Crippen LogP) is 4.27. The maximum absolute atomic E-state index is 12.7. The van der Waals surface area contributed by atoms with Gasteiger partial charge in [-0.3, -0.25) is 20.2 Å². The third-order valence-corrected chi connectivity index (χ3v) is 4.36. The second-order valence-corrected chi connectivity index (χ2v) is 6.42. The summed E-state index contributed by atoms with van der Waals surface area (Å²) < 4.78 is 10.6. The number of carbonyl (C=O) groups is 2. The number of aromatic nitrogens is 1. The number of rotatable bonds is 7. The quantitative estimate of drug-likeness (QED) is 0.349. The van der Waals surface area contributed by atoms with E-state index < -0.39 is 16.8 Å². The van der Waals surface area contributed by atoms with E-state index in [2.05, 4.69) is 10.3 Å². The SMILES string of the molecule is CCOC(=O)c1csc(NC(=O)c2cc([N+](=O)[O-])ccc2Oc2ccccc2)n1. The number of nitrogens with one attached hydrogen (secondary N) is 1. The number of amides is 1. The molecule has 0 bridgehead atoms. The van der Waals surface area contributed by atoms with Gasteiger partial charge in [0.25, 0.3) is 11.6 Å². The fourth-order valence-corrected chi connectivity index (χ4v) is 2.98. The van der Waals surface area contributed by atoms with Crippen molar-refractivity contribution in [2.24, 2.45) is 0 Å². The molecule has 0 fully saturated rings. The first-order valence-corrected chi connectivity index (χ1v) is 9.31. The molecule has 0 unspecified atom stereocenters. The lowest BCUT2D eigenvalue weighted by Crippen LogP contribution is -2.14. The highest BCUT2D eigenvalue weighted by atomic mass is 32.1. The average Bonchev–Trinajstić information content (AvgIpc) is 3.17. The maximum Gasteiger partial charge on any atom is 0.357 e. The van der Waals surface area contributed by atoms with Gasteiger partial charge in [0.2, 0.25) is 0 Å². The lowest BCUT2D eigenvalue weighted by Gasteiger charge is -2.10. The zero-order valence-corrected chi connectivity index (χ0v) is 16.0. The summed E-state index contributed by atoms with van der Waals surface area (Å²) in [7, 11) is 0. The van der Waals surface area contributed by atoms with Crippen molar-refractivity contribution in [3.05, 3.63) is 75.3 Å². The number of carbonyl (C=O) groups excluding carboxylic acids is 2. The summed E-state index contributed by atoms with van der Waals surface area (Å²) in [5, 5.41) is 15.2. The highest BCUT2D eigenvalue weighted by molar-refractivity contribution is 7.14. The van der Waals surface area contributed by atoms with Crippen LogP contribution in [0.15, 0.2) is 53.9 Å². The molecule has 0 saturated heterocycles. The molecule has 0 aliphatic rings. The molecule has 1 aromatic heterocycles. The van der Waals surface area contributed by atoms with Crippen LogP contribution >= 0.6 is 11.3 Å². The first kappa shape index (κ1) is 20.0. The van der Waals surface area contributed by atoms with Gasteiger partial charge in [-0.25, -0.2) is 9.78 Å². The molecule has 0 aliphatic carbocycles. The number of nitro groups is 1. The van der Waals surface area contributed by atoms with Gasteiger partial charge < -0.3 is 9.47 Å². The smallest absolute Gasteiger partial charge is 0.357 e. The zero-order valence-electron chi connectivity index (χ0n) is 15.2. The van der Waals surface area contributed by atoms with Crippen LogP contribution in [0.4, 0.5) is 10.8 Å². The van der Waals surface area contributed by atoms with Gasteiger partial charge in [0.05, 0.1) is 17.1 Å². The number of nitrogens with zero attached hydrogens (tertiary/aromatic N) is 2. The van der Waals surface area contributed by atoms with E-state index in [4.69, 9.17) is 9.47 Å². The molecule has 2 aromatic carbocycles. The van der Waals surface area contributed by atoms with E-state index in [9.17, 15) is 19.7 Å². The minimum absolute atomic E-state index is 0.0454. The van der Waals surface area contributed by atoms with Gasteiger partial charge in [-0.05, 0) is 25.1 Å². The van der Waals surface area contributed by atoms with E-state index in [1.165, 1.54) is 17.5 Å².